The summed E-state index contributed by atoms with van der Waals surface area (Å²) in [7, 11) is 0. The standard InChI is InChI=1S/C33H30Cl2N2O5/c34-27-11-7-25(8-12-27)32(17-3-1-5-30(32)36(21-38)22-39)19-15-29(42)16-20-33(26-9-13-28(35)14-10-26)18-4-2-6-31(33)37(23-40)24-41/h1-14,17-18,21-24,30-31H,15-16,19-20H2. The summed E-state index contributed by atoms with van der Waals surface area (Å²) >= 11 is 12.3. The minimum Gasteiger partial charge on any atom is -0.300 e. The van der Waals surface area contributed by atoms with Crippen LogP contribution in [-0.4, -0.2) is 53.3 Å². The van der Waals surface area contributed by atoms with Crippen LogP contribution in [0.1, 0.15) is 36.8 Å². The van der Waals surface area contributed by atoms with Crippen LogP contribution >= 0.6 is 23.2 Å². The second-order valence-corrected chi connectivity index (χ2v) is 11.2. The Morgan fingerprint density at radius 1 is 0.619 bits per heavy atom. The van der Waals surface area contributed by atoms with Gasteiger partial charge in [0.25, 0.3) is 0 Å². The van der Waals surface area contributed by atoms with Crippen molar-refractivity contribution in [2.75, 3.05) is 0 Å². The summed E-state index contributed by atoms with van der Waals surface area (Å²) in [4.78, 5) is 63.0. The average Bonchev–Trinajstić information content (AvgIpc) is 3.02. The molecule has 0 saturated heterocycles. The fourth-order valence-electron chi connectivity index (χ4n) is 6.00. The maximum absolute atomic E-state index is 13.6. The normalized spacial score (nSPS) is 24.1. The van der Waals surface area contributed by atoms with Crippen LogP contribution in [0.25, 0.3) is 0 Å². The highest BCUT2D eigenvalue weighted by molar-refractivity contribution is 6.30. The smallest absolute Gasteiger partial charge is 0.216 e. The van der Waals surface area contributed by atoms with E-state index in [-0.39, 0.29) is 18.6 Å². The zero-order valence-electron chi connectivity index (χ0n) is 22.7. The van der Waals surface area contributed by atoms with Gasteiger partial charge in [-0.05, 0) is 48.2 Å². The van der Waals surface area contributed by atoms with Crippen LogP contribution in [0.4, 0.5) is 0 Å². The fourth-order valence-corrected chi connectivity index (χ4v) is 6.25. The molecule has 4 rings (SSSR count). The van der Waals surface area contributed by atoms with Gasteiger partial charge in [0.2, 0.25) is 25.6 Å². The molecule has 0 fully saturated rings. The van der Waals surface area contributed by atoms with E-state index < -0.39 is 22.9 Å². The molecule has 2 aliphatic carbocycles. The van der Waals surface area contributed by atoms with Crippen LogP contribution in [0.2, 0.25) is 10.0 Å². The molecule has 0 saturated carbocycles. The largest absolute Gasteiger partial charge is 0.300 e. The van der Waals surface area contributed by atoms with E-state index >= 15 is 0 Å². The number of rotatable bonds is 14. The van der Waals surface area contributed by atoms with E-state index in [1.165, 1.54) is 0 Å². The van der Waals surface area contributed by atoms with Gasteiger partial charge in [-0.3, -0.25) is 33.8 Å². The van der Waals surface area contributed by atoms with Crippen molar-refractivity contribution in [1.82, 2.24) is 9.80 Å². The molecule has 2 aromatic carbocycles. The number of allylic oxidation sites excluding steroid dienone is 4. The molecule has 0 radical (unpaired) electrons. The monoisotopic (exact) mass is 604 g/mol. The molecule has 0 spiro atoms. The van der Waals surface area contributed by atoms with E-state index in [1.807, 2.05) is 48.6 Å². The van der Waals surface area contributed by atoms with Gasteiger partial charge in [0.15, 0.2) is 0 Å². The molecule has 2 aliphatic rings. The Kier molecular flexibility index (Phi) is 10.1. The predicted octanol–water partition coefficient (Wildman–Crippen LogP) is 5.52. The highest BCUT2D eigenvalue weighted by atomic mass is 35.5. The number of amides is 4. The Balaban J connectivity index is 1.62. The first-order valence-corrected chi connectivity index (χ1v) is 14.2. The molecule has 42 heavy (non-hydrogen) atoms. The van der Waals surface area contributed by atoms with Gasteiger partial charge in [0.05, 0.1) is 12.1 Å². The van der Waals surface area contributed by atoms with Crippen LogP contribution < -0.4 is 0 Å². The van der Waals surface area contributed by atoms with Crippen molar-refractivity contribution in [3.63, 3.8) is 0 Å². The van der Waals surface area contributed by atoms with Gasteiger partial charge in [-0.25, -0.2) is 0 Å². The SMILES string of the molecule is O=CN(C=O)C1C=CC=CC1(CCC(=O)CCC1(c2ccc(Cl)cc2)C=CC=CC1N(C=O)C=O)c1ccc(Cl)cc1. The van der Waals surface area contributed by atoms with Crippen molar-refractivity contribution < 1.29 is 24.0 Å². The Labute approximate surface area is 254 Å². The van der Waals surface area contributed by atoms with Crippen molar-refractivity contribution >= 4 is 54.6 Å². The number of imide groups is 2. The molecule has 4 amide bonds. The van der Waals surface area contributed by atoms with Crippen molar-refractivity contribution in [1.29, 1.82) is 0 Å². The average molecular weight is 606 g/mol. The molecule has 4 atom stereocenters. The number of nitrogens with zero attached hydrogens (tertiary/aromatic N) is 2. The van der Waals surface area contributed by atoms with E-state index in [2.05, 4.69) is 0 Å². The fraction of sp³-hybridized carbons (Fsp3) is 0.242. The molecule has 216 valence electrons. The van der Waals surface area contributed by atoms with Crippen LogP contribution in [0.5, 0.6) is 0 Å². The van der Waals surface area contributed by atoms with Gasteiger partial charge in [0.1, 0.15) is 5.78 Å². The summed E-state index contributed by atoms with van der Waals surface area (Å²) < 4.78 is 0. The van der Waals surface area contributed by atoms with Crippen molar-refractivity contribution in [2.45, 2.75) is 48.6 Å². The number of hydrogen-bond donors (Lipinski definition) is 0. The zero-order chi connectivity index (χ0) is 30.2. The van der Waals surface area contributed by atoms with Crippen molar-refractivity contribution in [2.24, 2.45) is 0 Å². The topological polar surface area (TPSA) is 91.8 Å². The minimum atomic E-state index is -0.855. The summed E-state index contributed by atoms with van der Waals surface area (Å²) in [6.07, 6.45) is 17.5. The Bertz CT molecular complexity index is 1310. The van der Waals surface area contributed by atoms with Gasteiger partial charge < -0.3 is 0 Å². The number of benzene rings is 2. The van der Waals surface area contributed by atoms with Gasteiger partial charge in [-0.1, -0.05) is 96.1 Å². The van der Waals surface area contributed by atoms with Gasteiger partial charge in [-0.15, -0.1) is 0 Å². The van der Waals surface area contributed by atoms with Crippen molar-refractivity contribution in [3.8, 4) is 0 Å². The number of carbonyl (C=O) groups excluding carboxylic acids is 5. The van der Waals surface area contributed by atoms with Gasteiger partial charge in [0, 0.05) is 33.7 Å². The van der Waals surface area contributed by atoms with Crippen LogP contribution in [-0.2, 0) is 34.8 Å². The second kappa shape index (κ2) is 13.7. The Morgan fingerprint density at radius 3 is 1.31 bits per heavy atom. The molecule has 2 aromatic rings. The molecule has 0 N–H and O–H groups in total. The summed E-state index contributed by atoms with van der Waals surface area (Å²) in [5, 5.41) is 1.08. The first-order valence-electron chi connectivity index (χ1n) is 13.5. The van der Waals surface area contributed by atoms with Crippen LogP contribution in [0.15, 0.2) is 97.1 Å². The maximum atomic E-state index is 13.6. The van der Waals surface area contributed by atoms with Gasteiger partial charge >= 0.3 is 0 Å². The maximum Gasteiger partial charge on any atom is 0.216 e. The summed E-state index contributed by atoms with van der Waals surface area (Å²) in [5.74, 6) is -0.0485. The third-order valence-corrected chi connectivity index (χ3v) is 8.68. The molecular weight excluding hydrogens is 575 g/mol. The third kappa shape index (κ3) is 6.22. The highest BCUT2D eigenvalue weighted by Crippen LogP contribution is 2.42. The molecule has 0 bridgehead atoms. The first-order chi connectivity index (χ1) is 20.3. The van der Waals surface area contributed by atoms with E-state index in [9.17, 15) is 24.0 Å². The predicted molar refractivity (Wildman–Crippen MR) is 162 cm³/mol. The van der Waals surface area contributed by atoms with Crippen molar-refractivity contribution in [3.05, 3.63) is 118 Å². The van der Waals surface area contributed by atoms with Crippen LogP contribution in [0, 0.1) is 0 Å². The molecule has 0 heterocycles. The van der Waals surface area contributed by atoms with E-state index in [0.717, 1.165) is 20.9 Å². The van der Waals surface area contributed by atoms with Crippen LogP contribution in [0.3, 0.4) is 0 Å². The number of Topliss-reactive ketones (excluding diaryl/α,β-unsaturated/α-hetero) is 1. The molecular formula is C33H30Cl2N2O5. The number of carbonyl (C=O) groups is 5. The van der Waals surface area contributed by atoms with E-state index in [4.69, 9.17) is 23.2 Å². The second-order valence-electron chi connectivity index (χ2n) is 10.3. The lowest BCUT2D eigenvalue weighted by atomic mass is 9.67. The van der Waals surface area contributed by atoms with E-state index in [1.54, 1.807) is 48.6 Å². The lowest BCUT2D eigenvalue weighted by Crippen LogP contribution is -2.49. The Morgan fingerprint density at radius 2 is 0.976 bits per heavy atom. The lowest BCUT2D eigenvalue weighted by molar-refractivity contribution is -0.133. The molecule has 4 unspecified atom stereocenters. The quantitative estimate of drug-likeness (QED) is 0.265. The molecule has 9 heteroatoms. The third-order valence-electron chi connectivity index (χ3n) is 8.18. The zero-order valence-corrected chi connectivity index (χ0v) is 24.2. The minimum absolute atomic E-state index is 0.0485. The summed E-state index contributed by atoms with van der Waals surface area (Å²) in [6, 6.07) is 13.0. The lowest BCUT2D eigenvalue weighted by Gasteiger charge is -2.42. The molecule has 0 aromatic heterocycles. The first kappa shape index (κ1) is 30.9. The molecule has 0 aliphatic heterocycles. The van der Waals surface area contributed by atoms with Gasteiger partial charge in [-0.2, -0.15) is 0 Å². The number of ketones is 1. The number of hydrogen-bond acceptors (Lipinski definition) is 5. The Hall–Kier alpha value is -4.07. The summed E-state index contributed by atoms with van der Waals surface area (Å²) in [5.41, 5.74) is -0.0895. The highest BCUT2D eigenvalue weighted by Gasteiger charge is 2.43. The van der Waals surface area contributed by atoms with E-state index in [0.29, 0.717) is 48.5 Å². The molecule has 7 nitrogen and oxygen atoms in total. The summed E-state index contributed by atoms with van der Waals surface area (Å²) in [6.45, 7) is 0. The number of halogens is 2.